The molecular formula is C23H29N3O3. The van der Waals surface area contributed by atoms with Crippen molar-refractivity contribution in [2.24, 2.45) is 5.92 Å². The zero-order valence-corrected chi connectivity index (χ0v) is 16.7. The van der Waals surface area contributed by atoms with Gasteiger partial charge in [0.1, 0.15) is 11.6 Å². The maximum absolute atomic E-state index is 13.6. The Bertz CT molecular complexity index is 813. The minimum atomic E-state index is -1.46. The van der Waals surface area contributed by atoms with Crippen LogP contribution in [0.25, 0.3) is 0 Å². The maximum atomic E-state index is 13.6. The highest BCUT2D eigenvalue weighted by Crippen LogP contribution is 2.41. The fourth-order valence-corrected chi connectivity index (χ4v) is 4.69. The number of hydrogen-bond donors (Lipinski definition) is 2. The van der Waals surface area contributed by atoms with E-state index in [1.54, 1.807) is 17.0 Å². The van der Waals surface area contributed by atoms with Crippen molar-refractivity contribution in [1.29, 1.82) is 0 Å². The van der Waals surface area contributed by atoms with Crippen LogP contribution in [0.15, 0.2) is 48.7 Å². The lowest BCUT2D eigenvalue weighted by molar-refractivity contribution is -0.161. The van der Waals surface area contributed by atoms with Gasteiger partial charge in [-0.3, -0.25) is 4.79 Å². The van der Waals surface area contributed by atoms with Gasteiger partial charge in [0.2, 0.25) is 0 Å². The fraction of sp³-hybridized carbons (Fsp3) is 0.478. The van der Waals surface area contributed by atoms with E-state index >= 15 is 0 Å². The second kappa shape index (κ2) is 8.41. The van der Waals surface area contributed by atoms with Gasteiger partial charge in [-0.25, -0.2) is 4.98 Å². The first-order chi connectivity index (χ1) is 14.1. The quantitative estimate of drug-likeness (QED) is 0.832. The van der Waals surface area contributed by atoms with E-state index in [4.69, 9.17) is 0 Å². The number of carbonyl (C=O) groups excluding carboxylic acids is 1. The molecule has 1 atom stereocenters. The van der Waals surface area contributed by atoms with Crippen molar-refractivity contribution in [1.82, 2.24) is 9.88 Å². The largest absolute Gasteiger partial charge is 0.506 e. The van der Waals surface area contributed by atoms with Crippen LogP contribution in [0.2, 0.25) is 0 Å². The Kier molecular flexibility index (Phi) is 5.72. The highest BCUT2D eigenvalue weighted by molar-refractivity contribution is 5.87. The van der Waals surface area contributed by atoms with Crippen LogP contribution in [0.1, 0.15) is 37.7 Å². The van der Waals surface area contributed by atoms with Crippen LogP contribution in [0.3, 0.4) is 0 Å². The van der Waals surface area contributed by atoms with Crippen LogP contribution in [-0.4, -0.2) is 52.2 Å². The number of amides is 1. The number of aliphatic hydroxyl groups is 1. The van der Waals surface area contributed by atoms with Gasteiger partial charge in [0, 0.05) is 32.1 Å². The summed E-state index contributed by atoms with van der Waals surface area (Å²) < 4.78 is 0. The maximum Gasteiger partial charge on any atom is 0.259 e. The molecule has 1 amide bonds. The van der Waals surface area contributed by atoms with Crippen LogP contribution < -0.4 is 4.90 Å². The van der Waals surface area contributed by atoms with Gasteiger partial charge in [-0.1, -0.05) is 49.6 Å². The molecule has 0 spiro atoms. The van der Waals surface area contributed by atoms with Crippen LogP contribution in [-0.2, 0) is 10.4 Å². The van der Waals surface area contributed by atoms with Gasteiger partial charge in [0.15, 0.2) is 5.60 Å². The summed E-state index contributed by atoms with van der Waals surface area (Å²) in [5, 5.41) is 21.2. The van der Waals surface area contributed by atoms with Crippen LogP contribution >= 0.6 is 0 Å². The van der Waals surface area contributed by atoms with E-state index in [9.17, 15) is 15.0 Å². The second-order valence-electron chi connectivity index (χ2n) is 8.12. The molecule has 2 fully saturated rings. The molecule has 1 aromatic carbocycles. The van der Waals surface area contributed by atoms with Crippen molar-refractivity contribution in [2.45, 2.75) is 37.7 Å². The number of aromatic hydroxyl groups is 1. The average molecular weight is 396 g/mol. The van der Waals surface area contributed by atoms with E-state index in [-0.39, 0.29) is 17.6 Å². The van der Waals surface area contributed by atoms with Gasteiger partial charge in [0.25, 0.3) is 5.91 Å². The minimum absolute atomic E-state index is 0.0389. The highest BCUT2D eigenvalue weighted by Gasteiger charge is 2.48. The molecule has 2 aromatic rings. The molecule has 29 heavy (non-hydrogen) atoms. The van der Waals surface area contributed by atoms with E-state index < -0.39 is 5.60 Å². The van der Waals surface area contributed by atoms with E-state index in [0.29, 0.717) is 31.7 Å². The normalized spacial score (nSPS) is 20.3. The first-order valence-corrected chi connectivity index (χ1v) is 10.6. The first kappa shape index (κ1) is 19.7. The summed E-state index contributed by atoms with van der Waals surface area (Å²) in [7, 11) is 0. The average Bonchev–Trinajstić information content (AvgIpc) is 2.80. The van der Waals surface area contributed by atoms with E-state index in [0.717, 1.165) is 31.5 Å². The van der Waals surface area contributed by atoms with Crippen molar-refractivity contribution in [2.75, 3.05) is 31.1 Å². The molecule has 2 aliphatic rings. The Balaban J connectivity index is 1.52. The van der Waals surface area contributed by atoms with Gasteiger partial charge < -0.3 is 20.0 Å². The molecule has 1 saturated heterocycles. The smallest absolute Gasteiger partial charge is 0.259 e. The van der Waals surface area contributed by atoms with Crippen molar-refractivity contribution < 1.29 is 15.0 Å². The highest BCUT2D eigenvalue weighted by atomic mass is 16.3. The van der Waals surface area contributed by atoms with Crippen molar-refractivity contribution >= 4 is 11.7 Å². The number of hydrogen-bond acceptors (Lipinski definition) is 5. The van der Waals surface area contributed by atoms with Crippen molar-refractivity contribution in [3.63, 3.8) is 0 Å². The van der Waals surface area contributed by atoms with Crippen LogP contribution in [0.5, 0.6) is 5.75 Å². The molecule has 1 unspecified atom stereocenters. The van der Waals surface area contributed by atoms with Gasteiger partial charge in [-0.2, -0.15) is 0 Å². The molecule has 6 heteroatoms. The number of anilines is 1. The summed E-state index contributed by atoms with van der Waals surface area (Å²) in [5.41, 5.74) is -0.750. The lowest BCUT2D eigenvalue weighted by atomic mass is 9.72. The molecule has 2 N–H and O–H groups in total. The predicted octanol–water partition coefficient (Wildman–Crippen LogP) is 2.90. The predicted molar refractivity (Wildman–Crippen MR) is 112 cm³/mol. The Morgan fingerprint density at radius 3 is 2.28 bits per heavy atom. The third-order valence-corrected chi connectivity index (χ3v) is 6.36. The minimum Gasteiger partial charge on any atom is -0.506 e. The van der Waals surface area contributed by atoms with Gasteiger partial charge in [0.05, 0.1) is 6.20 Å². The number of pyridine rings is 1. The van der Waals surface area contributed by atoms with Crippen molar-refractivity contribution in [3.8, 4) is 5.75 Å². The van der Waals surface area contributed by atoms with Crippen molar-refractivity contribution in [3.05, 3.63) is 54.2 Å². The molecule has 0 radical (unpaired) electrons. The number of carbonyl (C=O) groups is 1. The van der Waals surface area contributed by atoms with E-state index in [1.165, 1.54) is 12.6 Å². The van der Waals surface area contributed by atoms with Crippen LogP contribution in [0.4, 0.5) is 5.82 Å². The topological polar surface area (TPSA) is 76.9 Å². The SMILES string of the molecule is O=C(N1CCN(c2ccc(O)cn2)CC1)C(O)(c1ccccc1)C1CCCCC1. The zero-order chi connectivity index (χ0) is 20.3. The molecule has 0 bridgehead atoms. The molecule has 6 nitrogen and oxygen atoms in total. The number of rotatable bonds is 4. The summed E-state index contributed by atoms with van der Waals surface area (Å²) in [4.78, 5) is 21.8. The Morgan fingerprint density at radius 1 is 0.966 bits per heavy atom. The second-order valence-corrected chi connectivity index (χ2v) is 8.12. The number of benzene rings is 1. The zero-order valence-electron chi connectivity index (χ0n) is 16.7. The number of piperazine rings is 1. The monoisotopic (exact) mass is 395 g/mol. The molecule has 1 aliphatic heterocycles. The fourth-order valence-electron chi connectivity index (χ4n) is 4.69. The Hall–Kier alpha value is -2.60. The Morgan fingerprint density at radius 2 is 1.66 bits per heavy atom. The summed E-state index contributed by atoms with van der Waals surface area (Å²) in [6.07, 6.45) is 6.50. The first-order valence-electron chi connectivity index (χ1n) is 10.6. The number of aromatic nitrogens is 1. The molecule has 4 rings (SSSR count). The molecular weight excluding hydrogens is 366 g/mol. The lowest BCUT2D eigenvalue weighted by Gasteiger charge is -2.43. The van der Waals surface area contributed by atoms with Gasteiger partial charge in [-0.15, -0.1) is 0 Å². The molecule has 1 aromatic heterocycles. The lowest BCUT2D eigenvalue weighted by Crippen LogP contribution is -2.57. The third kappa shape index (κ3) is 3.94. The van der Waals surface area contributed by atoms with E-state index in [1.807, 2.05) is 30.3 Å². The molecule has 154 valence electrons. The molecule has 1 aliphatic carbocycles. The van der Waals surface area contributed by atoms with Crippen LogP contribution in [0, 0.1) is 5.92 Å². The summed E-state index contributed by atoms with van der Waals surface area (Å²) in [6.45, 7) is 2.39. The molecule has 2 heterocycles. The third-order valence-electron chi connectivity index (χ3n) is 6.36. The number of nitrogens with zero attached hydrogens (tertiary/aromatic N) is 3. The van der Waals surface area contributed by atoms with Gasteiger partial charge in [-0.05, 0) is 30.5 Å². The Labute approximate surface area is 171 Å². The standard InChI is InChI=1S/C23H29N3O3/c27-20-11-12-21(24-17-20)25-13-15-26(16-14-25)22(28)23(29,18-7-3-1-4-8-18)19-9-5-2-6-10-19/h1,3-4,7-8,11-12,17,19,27,29H,2,5-6,9-10,13-16H2. The summed E-state index contributed by atoms with van der Waals surface area (Å²) in [5.74, 6) is 0.723. The van der Waals surface area contributed by atoms with Gasteiger partial charge >= 0.3 is 0 Å². The van der Waals surface area contributed by atoms with E-state index in [2.05, 4.69) is 9.88 Å². The summed E-state index contributed by atoms with van der Waals surface area (Å²) >= 11 is 0. The molecule has 1 saturated carbocycles. The summed E-state index contributed by atoms with van der Waals surface area (Å²) in [6, 6.07) is 12.9.